The van der Waals surface area contributed by atoms with Crippen LogP contribution in [0.3, 0.4) is 0 Å². The van der Waals surface area contributed by atoms with Crippen LogP contribution in [0, 0.1) is 0 Å². The minimum atomic E-state index is 0. The maximum Gasteiger partial charge on any atom is 4.00 e. The van der Waals surface area contributed by atoms with E-state index in [9.17, 15) is 0 Å². The van der Waals surface area contributed by atoms with Gasteiger partial charge >= 0.3 is 26.2 Å². The van der Waals surface area contributed by atoms with Crippen molar-refractivity contribution in [1.82, 2.24) is 0 Å². The van der Waals surface area contributed by atoms with Gasteiger partial charge in [0.2, 0.25) is 0 Å². The molecule has 1 radical (unpaired) electrons. The van der Waals surface area contributed by atoms with E-state index in [0.29, 0.717) is 0 Å². The number of hydrogen-bond acceptors (Lipinski definition) is 0. The Balaban J connectivity index is 0. The topological polar surface area (TPSA) is 0 Å². The molecule has 171 valence electrons. The van der Waals surface area contributed by atoms with Gasteiger partial charge in [-0.25, -0.2) is 0 Å². The molecule has 0 saturated carbocycles. The van der Waals surface area contributed by atoms with E-state index >= 15 is 0 Å². The molecule has 4 rings (SSSR count). The zero-order chi connectivity index (χ0) is 20.9. The second-order valence-corrected chi connectivity index (χ2v) is 8.83. The molecule has 4 heteroatoms. The molecule has 0 aliphatic heterocycles. The summed E-state index contributed by atoms with van der Waals surface area (Å²) in [6.07, 6.45) is 7.61. The van der Waals surface area contributed by atoms with E-state index in [-0.39, 0.29) is 51.0 Å². The molecular formula is C28H37Cl2SiZr. The Kier molecular flexibility index (Phi) is 20.7. The van der Waals surface area contributed by atoms with Crippen molar-refractivity contribution in [2.24, 2.45) is 0 Å². The first kappa shape index (κ1) is 33.5. The number of fused-ring (bicyclic) bond motifs is 2. The number of unbranched alkanes of at least 4 members (excludes halogenated alkanes) is 2. The first-order valence-corrected chi connectivity index (χ1v) is 13.6. The number of benzene rings is 2. The van der Waals surface area contributed by atoms with E-state index in [1.165, 1.54) is 71.2 Å². The molecule has 0 heterocycles. The standard InChI is InChI=1S/2C13H15.C2H7Si.2ClH.Zr/c2*1-2-3-6-11-9-10-12-7-4-5-8-13(11)12;1-3-2;;;/h2*4-5,7-10H,2-3,6H2,1H3;3H,1-2H3;2*1H;/q2*-1;;;;+4/p-2. The van der Waals surface area contributed by atoms with Gasteiger partial charge in [-0.3, -0.25) is 0 Å². The van der Waals surface area contributed by atoms with Crippen LogP contribution in [0.4, 0.5) is 0 Å². The number of aryl methyl sites for hydroxylation is 2. The monoisotopic (exact) mass is 561 g/mol. The van der Waals surface area contributed by atoms with Crippen molar-refractivity contribution in [2.45, 2.75) is 65.5 Å². The average molecular weight is 564 g/mol. The fourth-order valence-electron chi connectivity index (χ4n) is 3.60. The molecule has 0 fully saturated rings. The summed E-state index contributed by atoms with van der Waals surface area (Å²) in [6, 6.07) is 26.2. The molecule has 4 aromatic rings. The SMILES string of the molecule is CCCCc1c[cH-]c2ccccc12.CCCCc1c[cH-]c2ccccc12.C[SiH]C.[Cl-].[Cl-].[Zr+4]. The van der Waals surface area contributed by atoms with Crippen LogP contribution in [0.25, 0.3) is 21.5 Å². The van der Waals surface area contributed by atoms with E-state index in [2.05, 4.69) is 99.7 Å². The zero-order valence-electron chi connectivity index (χ0n) is 20.0. The van der Waals surface area contributed by atoms with Crippen LogP contribution in [0.2, 0.25) is 13.1 Å². The molecule has 0 spiro atoms. The van der Waals surface area contributed by atoms with Crippen molar-refractivity contribution in [1.29, 1.82) is 0 Å². The van der Waals surface area contributed by atoms with Crippen LogP contribution in [0.15, 0.2) is 72.8 Å². The van der Waals surface area contributed by atoms with Gasteiger partial charge in [0, 0.05) is 9.52 Å². The molecule has 0 atom stereocenters. The molecule has 0 saturated heterocycles. The Hall–Kier alpha value is -0.660. The average Bonchev–Trinajstić information content (AvgIpc) is 3.36. The first-order valence-electron chi connectivity index (χ1n) is 11.3. The van der Waals surface area contributed by atoms with Gasteiger partial charge < -0.3 is 24.8 Å². The minimum Gasteiger partial charge on any atom is -1.00 e. The predicted octanol–water partition coefficient (Wildman–Crippen LogP) is 2.33. The van der Waals surface area contributed by atoms with Crippen LogP contribution >= 0.6 is 0 Å². The molecule has 0 nitrogen and oxygen atoms in total. The zero-order valence-corrected chi connectivity index (χ0v) is 25.1. The van der Waals surface area contributed by atoms with Crippen molar-refractivity contribution in [3.8, 4) is 0 Å². The third kappa shape index (κ3) is 10.5. The summed E-state index contributed by atoms with van der Waals surface area (Å²) < 4.78 is 0. The fourth-order valence-corrected chi connectivity index (χ4v) is 3.60. The summed E-state index contributed by atoms with van der Waals surface area (Å²) in [5.74, 6) is 0. The van der Waals surface area contributed by atoms with Crippen LogP contribution in [-0.2, 0) is 39.0 Å². The number of rotatable bonds is 6. The molecule has 0 unspecified atom stereocenters. The van der Waals surface area contributed by atoms with E-state index in [0.717, 1.165) is 9.52 Å². The molecular weight excluding hydrogens is 527 g/mol. The van der Waals surface area contributed by atoms with Crippen molar-refractivity contribution in [3.63, 3.8) is 0 Å². The molecule has 0 aliphatic carbocycles. The third-order valence-corrected chi connectivity index (χ3v) is 5.14. The van der Waals surface area contributed by atoms with Gasteiger partial charge in [-0.1, -0.05) is 77.6 Å². The second kappa shape index (κ2) is 19.8. The number of halogens is 2. The smallest absolute Gasteiger partial charge is 1.00 e. The molecule has 0 N–H and O–H groups in total. The van der Waals surface area contributed by atoms with Crippen molar-refractivity contribution in [2.75, 3.05) is 0 Å². The maximum atomic E-state index is 2.26. The van der Waals surface area contributed by atoms with Gasteiger partial charge in [-0.05, 0) is 0 Å². The van der Waals surface area contributed by atoms with Gasteiger partial charge in [0.15, 0.2) is 0 Å². The van der Waals surface area contributed by atoms with Crippen LogP contribution in [-0.4, -0.2) is 9.52 Å². The maximum absolute atomic E-state index is 2.26. The summed E-state index contributed by atoms with van der Waals surface area (Å²) in [4.78, 5) is 0. The Bertz CT molecular complexity index is 880. The van der Waals surface area contributed by atoms with E-state index < -0.39 is 0 Å². The normalized spacial score (nSPS) is 9.38. The largest absolute Gasteiger partial charge is 4.00 e. The Morgan fingerprint density at radius 3 is 1.34 bits per heavy atom. The van der Waals surface area contributed by atoms with Crippen LogP contribution < -0.4 is 24.8 Å². The molecule has 0 bridgehead atoms. The second-order valence-electron chi connectivity index (χ2n) is 7.68. The predicted molar refractivity (Wildman–Crippen MR) is 135 cm³/mol. The first-order chi connectivity index (χ1) is 14.2. The van der Waals surface area contributed by atoms with E-state index in [4.69, 9.17) is 0 Å². The van der Waals surface area contributed by atoms with Crippen molar-refractivity contribution < 1.29 is 51.0 Å². The minimum absolute atomic E-state index is 0. The van der Waals surface area contributed by atoms with Crippen molar-refractivity contribution >= 4 is 31.1 Å². The molecule has 32 heavy (non-hydrogen) atoms. The van der Waals surface area contributed by atoms with E-state index in [1.54, 1.807) is 0 Å². The van der Waals surface area contributed by atoms with Crippen molar-refractivity contribution in [3.05, 3.63) is 83.9 Å². The Morgan fingerprint density at radius 2 is 1.00 bits per heavy atom. The quantitative estimate of drug-likeness (QED) is 0.250. The van der Waals surface area contributed by atoms with Gasteiger partial charge in [0.25, 0.3) is 0 Å². The fraction of sp³-hybridized carbons (Fsp3) is 0.357. The summed E-state index contributed by atoms with van der Waals surface area (Å²) in [7, 11) is 0.750. The van der Waals surface area contributed by atoms with Gasteiger partial charge in [0.05, 0.1) is 0 Å². The van der Waals surface area contributed by atoms with Crippen LogP contribution in [0.1, 0.15) is 50.7 Å². The summed E-state index contributed by atoms with van der Waals surface area (Å²) in [5.41, 5.74) is 3.02. The van der Waals surface area contributed by atoms with Crippen LogP contribution in [0.5, 0.6) is 0 Å². The molecule has 0 aromatic heterocycles. The summed E-state index contributed by atoms with van der Waals surface area (Å²) in [6.45, 7) is 8.90. The molecule has 4 aromatic carbocycles. The summed E-state index contributed by atoms with van der Waals surface area (Å²) >= 11 is 0. The Labute approximate surface area is 230 Å². The summed E-state index contributed by atoms with van der Waals surface area (Å²) in [5, 5.41) is 5.65. The molecule has 0 aliphatic rings. The van der Waals surface area contributed by atoms with Gasteiger partial charge in [0.1, 0.15) is 0 Å². The van der Waals surface area contributed by atoms with E-state index in [1.807, 2.05) is 0 Å². The third-order valence-electron chi connectivity index (χ3n) is 5.14. The van der Waals surface area contributed by atoms with Gasteiger partial charge in [-0.2, -0.15) is 11.1 Å². The Morgan fingerprint density at radius 1 is 0.656 bits per heavy atom. The number of hydrogen-bond donors (Lipinski definition) is 0. The van der Waals surface area contributed by atoms with Gasteiger partial charge in [-0.15, -0.1) is 82.2 Å². The molecule has 0 amide bonds.